The van der Waals surface area contributed by atoms with E-state index < -0.39 is 0 Å². The number of hydrogen-bond donors (Lipinski definition) is 1. The molecule has 0 bridgehead atoms. The van der Waals surface area contributed by atoms with Crippen LogP contribution in [0.15, 0.2) is 48.5 Å². The Morgan fingerprint density at radius 2 is 1.83 bits per heavy atom. The first-order chi connectivity index (χ1) is 11.1. The van der Waals surface area contributed by atoms with Gasteiger partial charge in [0.05, 0.1) is 0 Å². The summed E-state index contributed by atoms with van der Waals surface area (Å²) in [5, 5.41) is 0. The maximum Gasteiger partial charge on any atom is 0.258 e. The van der Waals surface area contributed by atoms with E-state index in [2.05, 4.69) is 25.1 Å². The van der Waals surface area contributed by atoms with Crippen LogP contribution in [0.4, 0.5) is 11.4 Å². The normalized spacial score (nSPS) is 17.7. The monoisotopic (exact) mass is 309 g/mol. The van der Waals surface area contributed by atoms with Gasteiger partial charge in [-0.1, -0.05) is 18.2 Å². The number of rotatable bonds is 2. The molecule has 0 saturated carbocycles. The van der Waals surface area contributed by atoms with Crippen LogP contribution in [0.1, 0.15) is 34.8 Å². The van der Waals surface area contributed by atoms with Crippen molar-refractivity contribution in [2.24, 2.45) is 0 Å². The summed E-state index contributed by atoms with van der Waals surface area (Å²) in [5.41, 5.74) is 9.32. The number of nitrogens with zero attached hydrogens (tertiary/aromatic N) is 2. The number of amides is 1. The smallest absolute Gasteiger partial charge is 0.258 e. The molecular weight excluding hydrogens is 286 g/mol. The lowest BCUT2D eigenvalue weighted by Crippen LogP contribution is -2.31. The molecule has 0 spiro atoms. The van der Waals surface area contributed by atoms with E-state index in [-0.39, 0.29) is 5.91 Å². The van der Waals surface area contributed by atoms with E-state index in [1.165, 1.54) is 5.56 Å². The number of carbonyl (C=O) groups excluding carboxylic acids is 1. The maximum atomic E-state index is 13.0. The second kappa shape index (κ2) is 6.42. The lowest BCUT2D eigenvalue weighted by Gasteiger charge is -2.27. The second-order valence-electron chi connectivity index (χ2n) is 6.26. The minimum Gasteiger partial charge on any atom is -0.399 e. The van der Waals surface area contributed by atoms with E-state index in [9.17, 15) is 4.79 Å². The summed E-state index contributed by atoms with van der Waals surface area (Å²) in [6.45, 7) is 0.741. The van der Waals surface area contributed by atoms with Gasteiger partial charge in [-0.3, -0.25) is 4.79 Å². The molecule has 120 valence electrons. The van der Waals surface area contributed by atoms with Crippen molar-refractivity contribution < 1.29 is 4.79 Å². The third-order valence-electron chi connectivity index (χ3n) is 4.47. The fourth-order valence-corrected chi connectivity index (χ4v) is 3.26. The number of para-hydroxylation sites is 1. The molecule has 0 aliphatic carbocycles. The SMILES string of the molecule is CN(C)C1CCCN(C(=O)c2ccc(N)cc2)c2ccccc21. The average Bonchev–Trinajstić information content (AvgIpc) is 2.74. The van der Waals surface area contributed by atoms with Crippen molar-refractivity contribution in [3.63, 3.8) is 0 Å². The lowest BCUT2D eigenvalue weighted by molar-refractivity contribution is 0.0987. The summed E-state index contributed by atoms with van der Waals surface area (Å²) in [4.78, 5) is 17.1. The molecule has 23 heavy (non-hydrogen) atoms. The molecular formula is C19H23N3O. The van der Waals surface area contributed by atoms with Crippen molar-refractivity contribution in [2.75, 3.05) is 31.3 Å². The van der Waals surface area contributed by atoms with E-state index in [1.54, 1.807) is 24.3 Å². The van der Waals surface area contributed by atoms with E-state index >= 15 is 0 Å². The third kappa shape index (κ3) is 3.08. The Hall–Kier alpha value is -2.33. The molecule has 4 nitrogen and oxygen atoms in total. The average molecular weight is 309 g/mol. The fourth-order valence-electron chi connectivity index (χ4n) is 3.26. The van der Waals surface area contributed by atoms with Gasteiger partial charge in [0.2, 0.25) is 0 Å². The maximum absolute atomic E-state index is 13.0. The molecule has 0 aromatic heterocycles. The number of carbonyl (C=O) groups is 1. The van der Waals surface area contributed by atoms with E-state index in [0.29, 0.717) is 17.3 Å². The molecule has 1 heterocycles. The van der Waals surface area contributed by atoms with Gasteiger partial charge in [-0.25, -0.2) is 0 Å². The summed E-state index contributed by atoms with van der Waals surface area (Å²) >= 11 is 0. The first kappa shape index (κ1) is 15.6. The lowest BCUT2D eigenvalue weighted by atomic mass is 10.0. The van der Waals surface area contributed by atoms with Crippen molar-refractivity contribution in [2.45, 2.75) is 18.9 Å². The topological polar surface area (TPSA) is 49.6 Å². The van der Waals surface area contributed by atoms with Gasteiger partial charge in [0, 0.05) is 29.5 Å². The zero-order chi connectivity index (χ0) is 16.4. The second-order valence-corrected chi connectivity index (χ2v) is 6.26. The van der Waals surface area contributed by atoms with Gasteiger partial charge >= 0.3 is 0 Å². The van der Waals surface area contributed by atoms with Crippen LogP contribution >= 0.6 is 0 Å². The van der Waals surface area contributed by atoms with Crippen LogP contribution in [-0.4, -0.2) is 31.4 Å². The minimum absolute atomic E-state index is 0.0388. The van der Waals surface area contributed by atoms with Crippen LogP contribution in [-0.2, 0) is 0 Å². The highest BCUT2D eigenvalue weighted by atomic mass is 16.2. The summed E-state index contributed by atoms with van der Waals surface area (Å²) < 4.78 is 0. The predicted molar refractivity (Wildman–Crippen MR) is 94.6 cm³/mol. The molecule has 2 N–H and O–H groups in total. The van der Waals surface area contributed by atoms with E-state index in [4.69, 9.17) is 5.73 Å². The van der Waals surface area contributed by atoms with Gasteiger partial charge in [-0.05, 0) is 62.8 Å². The first-order valence-electron chi connectivity index (χ1n) is 8.00. The quantitative estimate of drug-likeness (QED) is 0.866. The largest absolute Gasteiger partial charge is 0.399 e. The molecule has 0 saturated heterocycles. The highest BCUT2D eigenvalue weighted by molar-refractivity contribution is 6.06. The third-order valence-corrected chi connectivity index (χ3v) is 4.47. The van der Waals surface area contributed by atoms with Crippen molar-refractivity contribution >= 4 is 17.3 Å². The molecule has 4 heteroatoms. The number of fused-ring (bicyclic) bond motifs is 1. The molecule has 1 aliphatic heterocycles. The molecule has 1 unspecified atom stereocenters. The number of nitrogens with two attached hydrogens (primary N) is 1. The number of nitrogen functional groups attached to an aromatic ring is 1. The van der Waals surface area contributed by atoms with Crippen molar-refractivity contribution in [3.05, 3.63) is 59.7 Å². The van der Waals surface area contributed by atoms with E-state index in [1.807, 2.05) is 23.1 Å². The van der Waals surface area contributed by atoms with Crippen molar-refractivity contribution in [1.29, 1.82) is 0 Å². The number of benzene rings is 2. The Labute approximate surface area is 137 Å². The predicted octanol–water partition coefficient (Wildman–Crippen LogP) is 3.31. The molecule has 3 rings (SSSR count). The zero-order valence-electron chi connectivity index (χ0n) is 13.7. The molecule has 1 atom stereocenters. The Morgan fingerprint density at radius 1 is 1.13 bits per heavy atom. The Kier molecular flexibility index (Phi) is 4.35. The van der Waals surface area contributed by atoms with Crippen LogP contribution in [0.3, 0.4) is 0 Å². The van der Waals surface area contributed by atoms with Crippen molar-refractivity contribution in [1.82, 2.24) is 4.90 Å². The molecule has 2 aromatic rings. The van der Waals surface area contributed by atoms with Crippen LogP contribution in [0.2, 0.25) is 0 Å². The van der Waals surface area contributed by atoms with Crippen LogP contribution in [0, 0.1) is 0 Å². The van der Waals surface area contributed by atoms with Gasteiger partial charge in [0.15, 0.2) is 0 Å². The summed E-state index contributed by atoms with van der Waals surface area (Å²) in [7, 11) is 4.19. The van der Waals surface area contributed by atoms with Gasteiger partial charge in [0.25, 0.3) is 5.91 Å². The minimum atomic E-state index is 0.0388. The van der Waals surface area contributed by atoms with Gasteiger partial charge < -0.3 is 15.5 Å². The Bertz CT molecular complexity index is 694. The standard InChI is InChI=1S/C19H23N3O/c1-21(2)17-8-5-13-22(18-7-4-3-6-16(17)18)19(23)14-9-11-15(20)12-10-14/h3-4,6-7,9-12,17H,5,8,13,20H2,1-2H3. The van der Waals surface area contributed by atoms with Gasteiger partial charge in [0.1, 0.15) is 0 Å². The van der Waals surface area contributed by atoms with Crippen LogP contribution in [0.25, 0.3) is 0 Å². The molecule has 1 aliphatic rings. The molecule has 0 radical (unpaired) electrons. The van der Waals surface area contributed by atoms with Gasteiger partial charge in [-0.15, -0.1) is 0 Å². The number of hydrogen-bond acceptors (Lipinski definition) is 3. The van der Waals surface area contributed by atoms with Crippen LogP contribution in [0.5, 0.6) is 0 Å². The zero-order valence-corrected chi connectivity index (χ0v) is 13.7. The molecule has 0 fully saturated rings. The number of anilines is 2. The Morgan fingerprint density at radius 3 is 2.52 bits per heavy atom. The molecule has 2 aromatic carbocycles. The van der Waals surface area contributed by atoms with Crippen LogP contribution < -0.4 is 10.6 Å². The first-order valence-corrected chi connectivity index (χ1v) is 8.00. The summed E-state index contributed by atoms with van der Waals surface area (Å²) in [6, 6.07) is 15.7. The Balaban J connectivity index is 2.00. The summed E-state index contributed by atoms with van der Waals surface area (Å²) in [6.07, 6.45) is 2.04. The highest BCUT2D eigenvalue weighted by Crippen LogP contribution is 2.36. The van der Waals surface area contributed by atoms with Crippen molar-refractivity contribution in [3.8, 4) is 0 Å². The fraction of sp³-hybridized carbons (Fsp3) is 0.316. The van der Waals surface area contributed by atoms with Gasteiger partial charge in [-0.2, -0.15) is 0 Å². The highest BCUT2D eigenvalue weighted by Gasteiger charge is 2.27. The summed E-state index contributed by atoms with van der Waals surface area (Å²) in [5.74, 6) is 0.0388. The molecule has 1 amide bonds. The van der Waals surface area contributed by atoms with E-state index in [0.717, 1.165) is 25.1 Å².